The van der Waals surface area contributed by atoms with E-state index in [9.17, 15) is 14.7 Å². The fourth-order valence-corrected chi connectivity index (χ4v) is 2.71. The molecule has 0 saturated heterocycles. The van der Waals surface area contributed by atoms with Crippen molar-refractivity contribution in [2.75, 3.05) is 13.2 Å². The van der Waals surface area contributed by atoms with Crippen LogP contribution >= 0.6 is 0 Å². The van der Waals surface area contributed by atoms with Crippen LogP contribution in [0.25, 0.3) is 10.8 Å². The van der Waals surface area contributed by atoms with Gasteiger partial charge in [0.25, 0.3) is 0 Å². The van der Waals surface area contributed by atoms with Crippen molar-refractivity contribution in [2.24, 2.45) is 0 Å². The predicted octanol–water partition coefficient (Wildman–Crippen LogP) is 3.29. The van der Waals surface area contributed by atoms with Gasteiger partial charge in [-0.2, -0.15) is 0 Å². The van der Waals surface area contributed by atoms with Crippen LogP contribution in [-0.4, -0.2) is 30.2 Å². The van der Waals surface area contributed by atoms with Crippen LogP contribution in [0.4, 0.5) is 0 Å². The number of carboxylic acids is 1. The molecule has 2 aromatic rings. The zero-order valence-corrected chi connectivity index (χ0v) is 13.8. The summed E-state index contributed by atoms with van der Waals surface area (Å²) in [5.41, 5.74) is 0.827. The highest BCUT2D eigenvalue weighted by Gasteiger charge is 2.19. The number of fused-ring (bicyclic) bond motifs is 1. The van der Waals surface area contributed by atoms with Crippen molar-refractivity contribution in [1.29, 1.82) is 0 Å². The lowest BCUT2D eigenvalue weighted by molar-refractivity contribution is -0.137. The average molecular weight is 329 g/mol. The summed E-state index contributed by atoms with van der Waals surface area (Å²) in [6.07, 6.45) is 0.793. The largest absolute Gasteiger partial charge is 0.481 e. The number of nitrogens with one attached hydrogen (secondary N) is 1. The summed E-state index contributed by atoms with van der Waals surface area (Å²) in [6.45, 7) is 3.06. The van der Waals surface area contributed by atoms with Crippen LogP contribution in [0.15, 0.2) is 42.5 Å². The van der Waals surface area contributed by atoms with Gasteiger partial charge < -0.3 is 15.2 Å². The number of aliphatic carboxylic acids is 1. The lowest BCUT2D eigenvalue weighted by atomic mass is 9.96. The maximum atomic E-state index is 12.1. The number of ether oxygens (including phenoxy) is 1. The SMILES string of the molecule is CCOCCCC(=O)N[C@H](CC(=O)O)c1cccc2ccccc12. The molecule has 5 nitrogen and oxygen atoms in total. The van der Waals surface area contributed by atoms with E-state index in [1.165, 1.54) is 0 Å². The van der Waals surface area contributed by atoms with Crippen molar-refractivity contribution in [2.45, 2.75) is 32.2 Å². The van der Waals surface area contributed by atoms with Gasteiger partial charge in [-0.15, -0.1) is 0 Å². The minimum Gasteiger partial charge on any atom is -0.481 e. The van der Waals surface area contributed by atoms with Crippen LogP contribution in [0.3, 0.4) is 0 Å². The molecule has 2 rings (SSSR count). The average Bonchev–Trinajstić information content (AvgIpc) is 2.57. The predicted molar refractivity (Wildman–Crippen MR) is 92.8 cm³/mol. The van der Waals surface area contributed by atoms with Crippen LogP contribution < -0.4 is 5.32 Å². The lowest BCUT2D eigenvalue weighted by Gasteiger charge is -2.19. The molecule has 0 unspecified atom stereocenters. The van der Waals surface area contributed by atoms with E-state index in [0.717, 1.165) is 16.3 Å². The fraction of sp³-hybridized carbons (Fsp3) is 0.368. The Morgan fingerprint density at radius 2 is 1.92 bits per heavy atom. The number of carbonyl (C=O) groups is 2. The van der Waals surface area contributed by atoms with E-state index < -0.39 is 12.0 Å². The van der Waals surface area contributed by atoms with E-state index in [1.807, 2.05) is 49.4 Å². The van der Waals surface area contributed by atoms with Crippen molar-refractivity contribution in [3.05, 3.63) is 48.0 Å². The summed E-state index contributed by atoms with van der Waals surface area (Å²) in [7, 11) is 0. The number of carbonyl (C=O) groups excluding carboxylic acids is 1. The standard InChI is InChI=1S/C19H23NO4/c1-2-24-12-6-11-18(21)20-17(13-19(22)23)16-10-5-8-14-7-3-4-9-15(14)16/h3-5,7-10,17H,2,6,11-13H2,1H3,(H,20,21)(H,22,23)/t17-/m1/s1. The molecule has 5 heteroatoms. The number of benzene rings is 2. The molecule has 1 atom stereocenters. The second kappa shape index (κ2) is 9.03. The first-order valence-electron chi connectivity index (χ1n) is 8.18. The smallest absolute Gasteiger partial charge is 0.305 e. The Bertz CT molecular complexity index is 693. The molecular weight excluding hydrogens is 306 g/mol. The van der Waals surface area contributed by atoms with E-state index >= 15 is 0 Å². The number of amides is 1. The van der Waals surface area contributed by atoms with Crippen LogP contribution in [0.5, 0.6) is 0 Å². The van der Waals surface area contributed by atoms with Crippen LogP contribution in [0, 0.1) is 0 Å². The molecule has 24 heavy (non-hydrogen) atoms. The van der Waals surface area contributed by atoms with Gasteiger partial charge in [-0.3, -0.25) is 9.59 Å². The lowest BCUT2D eigenvalue weighted by Crippen LogP contribution is -2.30. The summed E-state index contributed by atoms with van der Waals surface area (Å²) >= 11 is 0. The maximum Gasteiger partial charge on any atom is 0.305 e. The van der Waals surface area contributed by atoms with Gasteiger partial charge in [-0.05, 0) is 29.7 Å². The number of hydrogen-bond acceptors (Lipinski definition) is 3. The number of hydrogen-bond donors (Lipinski definition) is 2. The Morgan fingerprint density at radius 3 is 2.67 bits per heavy atom. The van der Waals surface area contributed by atoms with Gasteiger partial charge >= 0.3 is 5.97 Å². The topological polar surface area (TPSA) is 75.6 Å². The Balaban J connectivity index is 2.15. The van der Waals surface area contributed by atoms with Gasteiger partial charge in [-0.25, -0.2) is 0 Å². The zero-order valence-electron chi connectivity index (χ0n) is 13.8. The molecule has 0 heterocycles. The summed E-state index contributed by atoms with van der Waals surface area (Å²) in [5.74, 6) is -1.10. The van der Waals surface area contributed by atoms with E-state index in [0.29, 0.717) is 26.1 Å². The molecule has 0 bridgehead atoms. The molecule has 0 radical (unpaired) electrons. The Morgan fingerprint density at radius 1 is 1.17 bits per heavy atom. The molecule has 0 aromatic heterocycles. The first kappa shape index (κ1) is 17.9. The van der Waals surface area contributed by atoms with Crippen molar-refractivity contribution in [3.8, 4) is 0 Å². The van der Waals surface area contributed by atoms with Crippen molar-refractivity contribution in [1.82, 2.24) is 5.32 Å². The normalized spacial score (nSPS) is 12.0. The maximum absolute atomic E-state index is 12.1. The molecule has 0 aliphatic rings. The van der Waals surface area contributed by atoms with Gasteiger partial charge in [0, 0.05) is 19.6 Å². The third kappa shape index (κ3) is 5.06. The van der Waals surface area contributed by atoms with E-state index in [2.05, 4.69) is 5.32 Å². The highest BCUT2D eigenvalue weighted by molar-refractivity contribution is 5.87. The van der Waals surface area contributed by atoms with Crippen LogP contribution in [0.2, 0.25) is 0 Å². The molecular formula is C19H23NO4. The monoisotopic (exact) mass is 329 g/mol. The summed E-state index contributed by atoms with van der Waals surface area (Å²) < 4.78 is 5.22. The second-order valence-corrected chi connectivity index (χ2v) is 5.59. The van der Waals surface area contributed by atoms with Gasteiger partial charge in [0.2, 0.25) is 5.91 Å². The van der Waals surface area contributed by atoms with Crippen LogP contribution in [0.1, 0.15) is 37.8 Å². The summed E-state index contributed by atoms with van der Waals surface area (Å²) in [4.78, 5) is 23.4. The van der Waals surface area contributed by atoms with Gasteiger partial charge in [0.15, 0.2) is 0 Å². The van der Waals surface area contributed by atoms with Gasteiger partial charge in [0.05, 0.1) is 12.5 Å². The molecule has 2 N–H and O–H groups in total. The Kier molecular flexibility index (Phi) is 6.75. The first-order chi connectivity index (χ1) is 11.6. The molecule has 2 aromatic carbocycles. The molecule has 128 valence electrons. The van der Waals surface area contributed by atoms with Crippen molar-refractivity contribution >= 4 is 22.6 Å². The van der Waals surface area contributed by atoms with Crippen molar-refractivity contribution < 1.29 is 19.4 Å². The molecule has 0 spiro atoms. The first-order valence-corrected chi connectivity index (χ1v) is 8.18. The van der Waals surface area contributed by atoms with Crippen molar-refractivity contribution in [3.63, 3.8) is 0 Å². The highest BCUT2D eigenvalue weighted by Crippen LogP contribution is 2.26. The minimum absolute atomic E-state index is 0.148. The minimum atomic E-state index is -0.942. The quantitative estimate of drug-likeness (QED) is 0.692. The second-order valence-electron chi connectivity index (χ2n) is 5.59. The third-order valence-electron chi connectivity index (χ3n) is 3.81. The molecule has 0 fully saturated rings. The van der Waals surface area contributed by atoms with E-state index in [-0.39, 0.29) is 12.3 Å². The summed E-state index contributed by atoms with van der Waals surface area (Å²) in [5, 5.41) is 14.0. The highest BCUT2D eigenvalue weighted by atomic mass is 16.5. The fourth-order valence-electron chi connectivity index (χ4n) is 2.71. The number of carboxylic acid groups (broad SMARTS) is 1. The molecule has 0 aliphatic carbocycles. The third-order valence-corrected chi connectivity index (χ3v) is 3.81. The van der Waals surface area contributed by atoms with Gasteiger partial charge in [0.1, 0.15) is 0 Å². The Hall–Kier alpha value is -2.40. The Labute approximate surface area is 141 Å². The van der Waals surface area contributed by atoms with E-state index in [1.54, 1.807) is 0 Å². The summed E-state index contributed by atoms with van der Waals surface area (Å²) in [6, 6.07) is 12.9. The van der Waals surface area contributed by atoms with Crippen LogP contribution in [-0.2, 0) is 14.3 Å². The van der Waals surface area contributed by atoms with Gasteiger partial charge in [-0.1, -0.05) is 42.5 Å². The number of rotatable bonds is 9. The van der Waals surface area contributed by atoms with E-state index in [4.69, 9.17) is 4.74 Å². The molecule has 1 amide bonds. The zero-order chi connectivity index (χ0) is 17.4. The molecule has 0 aliphatic heterocycles. The molecule has 0 saturated carbocycles.